The van der Waals surface area contributed by atoms with E-state index in [-0.39, 0.29) is 0 Å². The maximum absolute atomic E-state index is 5.68. The van der Waals surface area contributed by atoms with E-state index in [1.807, 2.05) is 30.3 Å². The van der Waals surface area contributed by atoms with Gasteiger partial charge in [0.1, 0.15) is 5.15 Å². The molecule has 1 heterocycles. The Kier molecular flexibility index (Phi) is 2.60. The van der Waals surface area contributed by atoms with E-state index in [1.165, 1.54) is 0 Å². The lowest BCUT2D eigenvalue weighted by molar-refractivity contribution is 1.18. The third-order valence-corrected chi connectivity index (χ3v) is 1.88. The van der Waals surface area contributed by atoms with Gasteiger partial charge in [-0.3, -0.25) is 0 Å². The van der Waals surface area contributed by atoms with Crippen molar-refractivity contribution in [1.29, 1.82) is 0 Å². The fourth-order valence-corrected chi connectivity index (χ4v) is 1.18. The third kappa shape index (κ3) is 2.20. The molecule has 0 aliphatic heterocycles. The molecular weight excluding hydrogens is 198 g/mol. The number of hydrogen-bond acceptors (Lipinski definition) is 2. The van der Waals surface area contributed by atoms with Crippen LogP contribution in [0.25, 0.3) is 0 Å². The van der Waals surface area contributed by atoms with Crippen LogP contribution >= 0.6 is 11.6 Å². The summed E-state index contributed by atoms with van der Waals surface area (Å²) in [5, 5.41) is 8.57. The van der Waals surface area contributed by atoms with Gasteiger partial charge in [-0.15, -0.1) is 10.2 Å². The highest BCUT2D eigenvalue weighted by atomic mass is 35.5. The first kappa shape index (κ1) is 8.97. The zero-order chi connectivity index (χ0) is 9.80. The molecule has 0 unspecified atom stereocenters. The van der Waals surface area contributed by atoms with Crippen molar-refractivity contribution in [3.63, 3.8) is 0 Å². The summed E-state index contributed by atoms with van der Waals surface area (Å²) >= 11 is 5.68. The van der Waals surface area contributed by atoms with Crippen molar-refractivity contribution in [3.8, 4) is 0 Å². The van der Waals surface area contributed by atoms with E-state index in [0.717, 1.165) is 5.69 Å². The van der Waals surface area contributed by atoms with Crippen LogP contribution in [0.4, 0.5) is 11.5 Å². The first-order valence-electron chi connectivity index (χ1n) is 4.16. The minimum atomic E-state index is 0.562. The number of benzene rings is 1. The second-order valence-electron chi connectivity index (χ2n) is 2.73. The van der Waals surface area contributed by atoms with E-state index in [9.17, 15) is 0 Å². The van der Waals surface area contributed by atoms with E-state index < -0.39 is 0 Å². The molecule has 0 atom stereocenters. The number of aromatic amines is 1. The summed E-state index contributed by atoms with van der Waals surface area (Å²) in [7, 11) is 0. The van der Waals surface area contributed by atoms with E-state index in [4.69, 9.17) is 11.6 Å². The summed E-state index contributed by atoms with van der Waals surface area (Å²) in [5.74, 6) is 0.652. The maximum atomic E-state index is 5.68. The predicted molar refractivity (Wildman–Crippen MR) is 56.4 cm³/mol. The molecule has 0 bridgehead atoms. The number of nitrogens with one attached hydrogen (secondary N) is 1. The van der Waals surface area contributed by atoms with Gasteiger partial charge in [-0.05, 0) is 24.3 Å². The van der Waals surface area contributed by atoms with Gasteiger partial charge in [0.15, 0.2) is 5.82 Å². The Balaban J connectivity index is 2.15. The van der Waals surface area contributed by atoms with Crippen LogP contribution < -0.4 is 0 Å². The monoisotopic (exact) mass is 205 g/mol. The topological polar surface area (TPSA) is 40.5 Å². The minimum Gasteiger partial charge on any atom is -0.329 e. The summed E-state index contributed by atoms with van der Waals surface area (Å²) in [5.41, 5.74) is 0.818. The van der Waals surface area contributed by atoms with Crippen molar-refractivity contribution in [2.24, 2.45) is 10.2 Å². The highest BCUT2D eigenvalue weighted by Gasteiger charge is 1.92. The number of rotatable bonds is 2. The van der Waals surface area contributed by atoms with Crippen LogP contribution in [0.3, 0.4) is 0 Å². The molecule has 2 aromatic rings. The molecule has 70 valence electrons. The average molecular weight is 206 g/mol. The molecule has 1 N–H and O–H groups in total. The molecule has 2 rings (SSSR count). The molecule has 0 saturated carbocycles. The van der Waals surface area contributed by atoms with Gasteiger partial charge in [-0.2, -0.15) is 0 Å². The predicted octanol–water partition coefficient (Wildman–Crippen LogP) is 4.08. The summed E-state index contributed by atoms with van der Waals surface area (Å²) in [4.78, 5) is 2.85. The van der Waals surface area contributed by atoms with Gasteiger partial charge in [-0.25, -0.2) is 0 Å². The van der Waals surface area contributed by atoms with Crippen molar-refractivity contribution < 1.29 is 0 Å². The third-order valence-electron chi connectivity index (χ3n) is 1.66. The van der Waals surface area contributed by atoms with Gasteiger partial charge in [0.2, 0.25) is 0 Å². The number of H-pyrrole nitrogens is 1. The lowest BCUT2D eigenvalue weighted by Gasteiger charge is -1.88. The van der Waals surface area contributed by atoms with Crippen LogP contribution in [0.1, 0.15) is 0 Å². The summed E-state index contributed by atoms with van der Waals surface area (Å²) in [6.45, 7) is 0. The Morgan fingerprint density at radius 3 is 2.36 bits per heavy atom. The maximum Gasteiger partial charge on any atom is 0.153 e. The standard InChI is InChI=1S/C10H8ClN3/c11-9-6-7-10(12-9)14-13-8-4-2-1-3-5-8/h1-7,12H/b14-13+. The van der Waals surface area contributed by atoms with Crippen molar-refractivity contribution >= 4 is 23.1 Å². The van der Waals surface area contributed by atoms with Gasteiger partial charge in [-0.1, -0.05) is 29.8 Å². The highest BCUT2D eigenvalue weighted by molar-refractivity contribution is 6.29. The summed E-state index contributed by atoms with van der Waals surface area (Å²) in [6, 6.07) is 13.0. The van der Waals surface area contributed by atoms with Crippen LogP contribution in [0, 0.1) is 0 Å². The molecular formula is C10H8ClN3. The molecule has 0 aliphatic rings. The molecule has 4 heteroatoms. The van der Waals surface area contributed by atoms with Gasteiger partial charge in [0, 0.05) is 0 Å². The summed E-state index contributed by atoms with van der Waals surface area (Å²) < 4.78 is 0. The molecule has 1 aromatic heterocycles. The molecule has 14 heavy (non-hydrogen) atoms. The largest absolute Gasteiger partial charge is 0.329 e. The molecule has 3 nitrogen and oxygen atoms in total. The zero-order valence-corrected chi connectivity index (χ0v) is 8.07. The molecule has 0 amide bonds. The smallest absolute Gasteiger partial charge is 0.153 e. The Bertz CT molecular complexity index is 434. The molecule has 0 spiro atoms. The van der Waals surface area contributed by atoms with Crippen molar-refractivity contribution in [3.05, 3.63) is 47.6 Å². The van der Waals surface area contributed by atoms with Crippen LogP contribution in [-0.2, 0) is 0 Å². The van der Waals surface area contributed by atoms with E-state index in [2.05, 4.69) is 15.2 Å². The van der Waals surface area contributed by atoms with Crippen LogP contribution in [0.2, 0.25) is 5.15 Å². The van der Waals surface area contributed by atoms with Crippen molar-refractivity contribution in [1.82, 2.24) is 4.98 Å². The Hall–Kier alpha value is -1.61. The van der Waals surface area contributed by atoms with Crippen LogP contribution in [0.5, 0.6) is 0 Å². The van der Waals surface area contributed by atoms with E-state index >= 15 is 0 Å². The highest BCUT2D eigenvalue weighted by Crippen LogP contribution is 2.18. The lowest BCUT2D eigenvalue weighted by Crippen LogP contribution is -1.62. The normalized spacial score (nSPS) is 10.9. The van der Waals surface area contributed by atoms with Crippen molar-refractivity contribution in [2.75, 3.05) is 0 Å². The van der Waals surface area contributed by atoms with Gasteiger partial charge >= 0.3 is 0 Å². The molecule has 0 radical (unpaired) electrons. The number of azo groups is 1. The fraction of sp³-hybridized carbons (Fsp3) is 0. The zero-order valence-electron chi connectivity index (χ0n) is 7.31. The Morgan fingerprint density at radius 1 is 0.929 bits per heavy atom. The number of nitrogens with zero attached hydrogens (tertiary/aromatic N) is 2. The SMILES string of the molecule is Clc1ccc(/N=N/c2ccccc2)[nH]1. The summed E-state index contributed by atoms with van der Waals surface area (Å²) in [6.07, 6.45) is 0. The number of hydrogen-bond donors (Lipinski definition) is 1. The van der Waals surface area contributed by atoms with Crippen LogP contribution in [0.15, 0.2) is 52.7 Å². The Labute approximate surface area is 86.4 Å². The second-order valence-corrected chi connectivity index (χ2v) is 3.13. The Morgan fingerprint density at radius 2 is 1.71 bits per heavy atom. The van der Waals surface area contributed by atoms with Gasteiger partial charge in [0.05, 0.1) is 5.69 Å². The molecule has 0 fully saturated rings. The second kappa shape index (κ2) is 4.07. The first-order chi connectivity index (χ1) is 6.84. The van der Waals surface area contributed by atoms with Crippen molar-refractivity contribution in [2.45, 2.75) is 0 Å². The van der Waals surface area contributed by atoms with E-state index in [1.54, 1.807) is 12.1 Å². The lowest BCUT2D eigenvalue weighted by atomic mass is 10.3. The van der Waals surface area contributed by atoms with E-state index in [0.29, 0.717) is 11.0 Å². The van der Waals surface area contributed by atoms with Crippen LogP contribution in [-0.4, -0.2) is 4.98 Å². The van der Waals surface area contributed by atoms with Gasteiger partial charge in [0.25, 0.3) is 0 Å². The first-order valence-corrected chi connectivity index (χ1v) is 4.54. The molecule has 0 saturated heterocycles. The van der Waals surface area contributed by atoms with Gasteiger partial charge < -0.3 is 4.98 Å². The number of halogens is 1. The quantitative estimate of drug-likeness (QED) is 0.718. The fourth-order valence-electron chi connectivity index (χ4n) is 1.02. The minimum absolute atomic E-state index is 0.562. The molecule has 1 aromatic carbocycles. The number of aromatic nitrogens is 1. The average Bonchev–Trinajstić information content (AvgIpc) is 2.63. The molecule has 0 aliphatic carbocycles.